The average Bonchev–Trinajstić information content (AvgIpc) is 3.65. The summed E-state index contributed by atoms with van der Waals surface area (Å²) in [6.07, 6.45) is 30.5. The Morgan fingerprint density at radius 1 is 0.250 bits per heavy atom. The highest BCUT2D eigenvalue weighted by Crippen LogP contribution is 2.29. The van der Waals surface area contributed by atoms with Crippen LogP contribution in [0.5, 0.6) is 17.2 Å². The number of azo groups is 3. The van der Waals surface area contributed by atoms with Crippen molar-refractivity contribution in [2.75, 3.05) is 35.8 Å². The molecule has 15 nitrogen and oxygen atoms in total. The second-order valence-electron chi connectivity index (χ2n) is 21.4. The van der Waals surface area contributed by atoms with Crippen LogP contribution in [0.25, 0.3) is 0 Å². The van der Waals surface area contributed by atoms with Gasteiger partial charge in [-0.05, 0) is 165 Å². The van der Waals surface area contributed by atoms with Gasteiger partial charge < -0.3 is 30.2 Å². The van der Waals surface area contributed by atoms with Gasteiger partial charge in [0.25, 0.3) is 0 Å². The maximum absolute atomic E-state index is 5.98. The van der Waals surface area contributed by atoms with E-state index >= 15 is 0 Å². The fourth-order valence-corrected chi connectivity index (χ4v) is 9.22. The summed E-state index contributed by atoms with van der Waals surface area (Å²) in [6, 6.07) is 46.0. The van der Waals surface area contributed by atoms with E-state index in [0.717, 1.165) is 90.5 Å². The van der Waals surface area contributed by atoms with Gasteiger partial charge in [0.1, 0.15) is 17.2 Å². The molecule has 0 atom stereocenters. The van der Waals surface area contributed by atoms with Gasteiger partial charge in [-0.15, -0.1) is 0 Å². The summed E-state index contributed by atoms with van der Waals surface area (Å²) in [6.45, 7) is 8.94. The molecule has 0 fully saturated rings. The smallest absolute Gasteiger partial charge is 0.233 e. The topological polar surface area (TPSA) is 177 Å². The molecule has 7 rings (SSSR count). The third-order valence-corrected chi connectivity index (χ3v) is 14.2. The molecule has 0 radical (unpaired) electrons. The number of hydrogen-bond donors (Lipinski definition) is 3. The van der Waals surface area contributed by atoms with Gasteiger partial charge in [0, 0.05) is 17.1 Å². The molecule has 84 heavy (non-hydrogen) atoms. The van der Waals surface area contributed by atoms with E-state index in [4.69, 9.17) is 29.2 Å². The van der Waals surface area contributed by atoms with E-state index in [9.17, 15) is 0 Å². The molecule has 0 amide bonds. The van der Waals surface area contributed by atoms with Crippen LogP contribution >= 0.6 is 0 Å². The number of ether oxygens (including phenoxy) is 3. The summed E-state index contributed by atoms with van der Waals surface area (Å²) >= 11 is 0. The van der Waals surface area contributed by atoms with Crippen molar-refractivity contribution in [3.63, 3.8) is 0 Å². The Balaban J connectivity index is 0.934. The maximum atomic E-state index is 5.98. The lowest BCUT2D eigenvalue weighted by atomic mass is 10.1. The Labute approximate surface area is 500 Å². The van der Waals surface area contributed by atoms with Gasteiger partial charge in [-0.2, -0.15) is 45.6 Å². The van der Waals surface area contributed by atoms with Crippen molar-refractivity contribution in [2.45, 2.75) is 175 Å². The minimum absolute atomic E-state index is 0.319. The van der Waals surface area contributed by atoms with Gasteiger partial charge in [-0.3, -0.25) is 0 Å². The van der Waals surface area contributed by atoms with E-state index in [-0.39, 0.29) is 0 Å². The Hall–Kier alpha value is -8.07. The van der Waals surface area contributed by atoms with Crippen LogP contribution in [0.1, 0.15) is 175 Å². The molecule has 444 valence electrons. The minimum atomic E-state index is 0.319. The Bertz CT molecular complexity index is 2620. The van der Waals surface area contributed by atoms with E-state index in [1.807, 2.05) is 146 Å². The first-order valence-corrected chi connectivity index (χ1v) is 31.3. The number of anilines is 6. The number of aromatic nitrogens is 3. The average molecular weight is 1140 g/mol. The number of nitrogens with zero attached hydrogens (tertiary/aromatic N) is 9. The van der Waals surface area contributed by atoms with E-state index in [1.165, 1.54) is 135 Å². The zero-order valence-electron chi connectivity index (χ0n) is 50.2. The third-order valence-electron chi connectivity index (χ3n) is 14.2. The normalized spacial score (nSPS) is 11.5. The second kappa shape index (κ2) is 38.7. The predicted molar refractivity (Wildman–Crippen MR) is 345 cm³/mol. The van der Waals surface area contributed by atoms with Crippen LogP contribution in [0, 0.1) is 0 Å². The first kappa shape index (κ1) is 63.5. The van der Waals surface area contributed by atoms with Crippen LogP contribution < -0.4 is 30.2 Å². The molecule has 15 heteroatoms. The lowest BCUT2D eigenvalue weighted by Crippen LogP contribution is -2.07. The highest BCUT2D eigenvalue weighted by atomic mass is 16.5. The van der Waals surface area contributed by atoms with Gasteiger partial charge in [-0.1, -0.05) is 156 Å². The second-order valence-corrected chi connectivity index (χ2v) is 21.4. The maximum Gasteiger partial charge on any atom is 0.233 e. The SMILES string of the molecule is CCCCCCCCCCOc1ccc(N=Nc2ccc(Nc3nc(Nc4ccc(N=Nc5ccc(OCCCCCCCCCC)cc5)cc4)nc(Nc4ccc(N=Nc5ccc(OCCCCCCCCCC)cc5)cc4)n3)cc2)cc1. The molecule has 0 saturated carbocycles. The summed E-state index contributed by atoms with van der Waals surface area (Å²) < 4.78 is 17.9. The molecule has 1 aromatic heterocycles. The third kappa shape index (κ3) is 25.6. The van der Waals surface area contributed by atoms with Crippen molar-refractivity contribution >= 4 is 69.0 Å². The molecule has 0 unspecified atom stereocenters. The van der Waals surface area contributed by atoms with Crippen LogP contribution in [0.3, 0.4) is 0 Å². The Kier molecular flexibility index (Phi) is 29.2. The number of nitrogens with one attached hydrogen (secondary N) is 3. The van der Waals surface area contributed by atoms with Gasteiger partial charge >= 0.3 is 0 Å². The zero-order chi connectivity index (χ0) is 58.3. The molecule has 0 aliphatic carbocycles. The summed E-state index contributed by atoms with van der Waals surface area (Å²) in [5.41, 5.74) is 6.57. The van der Waals surface area contributed by atoms with Crippen LogP contribution in [0.15, 0.2) is 176 Å². The molecule has 0 aliphatic rings. The first-order valence-electron chi connectivity index (χ1n) is 31.3. The highest BCUT2D eigenvalue weighted by molar-refractivity contribution is 5.64. The fraction of sp³-hybridized carbons (Fsp3) is 0.435. The van der Waals surface area contributed by atoms with Gasteiger partial charge in [0.15, 0.2) is 0 Å². The van der Waals surface area contributed by atoms with Crippen LogP contribution in [-0.4, -0.2) is 34.8 Å². The molecule has 0 bridgehead atoms. The summed E-state index contributed by atoms with van der Waals surface area (Å²) in [5, 5.41) is 36.8. The van der Waals surface area contributed by atoms with E-state index < -0.39 is 0 Å². The molecular weight excluding hydrogens is 1040 g/mol. The Morgan fingerprint density at radius 2 is 0.440 bits per heavy atom. The molecule has 6 aromatic carbocycles. The van der Waals surface area contributed by atoms with Gasteiger partial charge in [0.05, 0.1) is 53.9 Å². The molecule has 0 aliphatic heterocycles. The van der Waals surface area contributed by atoms with Crippen LogP contribution in [0.4, 0.5) is 69.0 Å². The molecule has 0 spiro atoms. The number of hydrogen-bond acceptors (Lipinski definition) is 15. The quantitative estimate of drug-likeness (QED) is 0.0248. The molecule has 3 N–H and O–H groups in total. The zero-order valence-corrected chi connectivity index (χ0v) is 50.2. The minimum Gasteiger partial charge on any atom is -0.494 e. The number of benzene rings is 6. The largest absolute Gasteiger partial charge is 0.494 e. The fourth-order valence-electron chi connectivity index (χ4n) is 9.22. The first-order chi connectivity index (χ1) is 41.5. The van der Waals surface area contributed by atoms with Crippen molar-refractivity contribution in [2.24, 2.45) is 30.7 Å². The van der Waals surface area contributed by atoms with Gasteiger partial charge in [-0.25, -0.2) is 0 Å². The predicted octanol–water partition coefficient (Wildman–Crippen LogP) is 22.9. The van der Waals surface area contributed by atoms with Crippen molar-refractivity contribution in [3.8, 4) is 17.2 Å². The Morgan fingerprint density at radius 3 is 0.655 bits per heavy atom. The molecular formula is C69H90N12O3. The van der Waals surface area contributed by atoms with E-state index in [1.54, 1.807) is 0 Å². The lowest BCUT2D eigenvalue weighted by Gasteiger charge is -2.12. The van der Waals surface area contributed by atoms with Crippen molar-refractivity contribution in [1.82, 2.24) is 15.0 Å². The van der Waals surface area contributed by atoms with E-state index in [2.05, 4.69) is 67.4 Å². The summed E-state index contributed by atoms with van der Waals surface area (Å²) in [7, 11) is 0. The molecule has 7 aromatic rings. The molecule has 1 heterocycles. The number of unbranched alkanes of at least 4 members (excludes halogenated alkanes) is 21. The molecule has 0 saturated heterocycles. The van der Waals surface area contributed by atoms with E-state index in [0.29, 0.717) is 34.9 Å². The lowest BCUT2D eigenvalue weighted by molar-refractivity contribution is 0.304. The van der Waals surface area contributed by atoms with Crippen molar-refractivity contribution in [1.29, 1.82) is 0 Å². The number of rotatable bonds is 42. The standard InChI is InChI=1S/C69H90N12O3/c1-4-7-10-13-16-19-22-25-52-82-64-46-40-61(41-47-64)79-76-58-34-28-55(29-35-58)70-67-73-68(71-56-30-36-59(37-31-56)77-80-62-42-48-65(49-43-62)83-53-26-23-20-17-14-11-8-5-2)75-69(74-67)72-57-32-38-60(39-33-57)78-81-63-44-50-66(51-45-63)84-54-27-24-21-18-15-12-9-6-3/h28-51H,4-27,52-54H2,1-3H3,(H3,70,71,72,73,74,75). The summed E-state index contributed by atoms with van der Waals surface area (Å²) in [4.78, 5) is 14.2. The van der Waals surface area contributed by atoms with Crippen molar-refractivity contribution < 1.29 is 14.2 Å². The van der Waals surface area contributed by atoms with Crippen LogP contribution in [0.2, 0.25) is 0 Å². The monoisotopic (exact) mass is 1130 g/mol. The highest BCUT2D eigenvalue weighted by Gasteiger charge is 2.10. The summed E-state index contributed by atoms with van der Waals surface area (Å²) in [5.74, 6) is 3.48. The van der Waals surface area contributed by atoms with Crippen LogP contribution in [-0.2, 0) is 0 Å². The van der Waals surface area contributed by atoms with Gasteiger partial charge in [0.2, 0.25) is 17.8 Å². The van der Waals surface area contributed by atoms with Crippen molar-refractivity contribution in [3.05, 3.63) is 146 Å².